The highest BCUT2D eigenvalue weighted by molar-refractivity contribution is 7.46. The van der Waals surface area contributed by atoms with E-state index in [9.17, 15) is 29.4 Å². The van der Waals surface area contributed by atoms with Crippen LogP contribution in [0.2, 0.25) is 5.02 Å². The quantitative estimate of drug-likeness (QED) is 0.413. The number of phenols is 1. The number of aromatic hydroxyl groups is 1. The number of nitrogens with zero attached hydrogens (tertiary/aromatic N) is 1. The molecule has 1 aliphatic rings. The molecule has 32 heavy (non-hydrogen) atoms. The average molecular weight is 483 g/mol. The second-order valence-electron chi connectivity index (χ2n) is 7.60. The first-order valence-corrected chi connectivity index (χ1v) is 11.5. The molecule has 3 aromatic rings. The molecule has 1 unspecified atom stereocenters. The Morgan fingerprint density at radius 2 is 2.03 bits per heavy atom. The van der Waals surface area contributed by atoms with Crippen molar-refractivity contribution < 1.29 is 34.9 Å². The van der Waals surface area contributed by atoms with Gasteiger partial charge in [0.25, 0.3) is 0 Å². The third-order valence-corrected chi connectivity index (χ3v) is 6.02. The van der Waals surface area contributed by atoms with E-state index in [0.717, 1.165) is 12.1 Å². The van der Waals surface area contributed by atoms with Crippen molar-refractivity contribution in [2.75, 3.05) is 20.1 Å². The number of halogens is 1. The molecule has 3 atom stereocenters. The number of phenolic OH excluding ortho intramolecular Hbond substituents is 1. The van der Waals surface area contributed by atoms with Crippen molar-refractivity contribution in [1.82, 2.24) is 4.90 Å². The lowest BCUT2D eigenvalue weighted by Crippen LogP contribution is -2.40. The number of phosphoric ester groups is 1. The van der Waals surface area contributed by atoms with Crippen molar-refractivity contribution in [3.05, 3.63) is 57.2 Å². The van der Waals surface area contributed by atoms with E-state index in [4.69, 9.17) is 21.9 Å². The molecule has 0 radical (unpaired) electrons. The number of fused-ring (bicyclic) bond motifs is 1. The van der Waals surface area contributed by atoms with Gasteiger partial charge in [0.05, 0.1) is 11.1 Å². The van der Waals surface area contributed by atoms with Gasteiger partial charge in [0.15, 0.2) is 5.43 Å². The second kappa shape index (κ2) is 8.51. The topological polar surface area (TPSA) is 141 Å². The van der Waals surface area contributed by atoms with Gasteiger partial charge in [-0.2, -0.15) is 0 Å². The lowest BCUT2D eigenvalue weighted by Gasteiger charge is -2.34. The maximum atomic E-state index is 13.0. The van der Waals surface area contributed by atoms with Crippen molar-refractivity contribution in [1.29, 1.82) is 0 Å². The summed E-state index contributed by atoms with van der Waals surface area (Å²) in [5.41, 5.74) is -0.600. The van der Waals surface area contributed by atoms with Crippen molar-refractivity contribution in [3.8, 4) is 22.8 Å². The summed E-state index contributed by atoms with van der Waals surface area (Å²) in [5, 5.41) is 21.3. The molecular formula is C21H21ClNO8P. The second-order valence-corrected chi connectivity index (χ2v) is 9.17. The zero-order chi connectivity index (χ0) is 24.1. The summed E-state index contributed by atoms with van der Waals surface area (Å²) in [5.74, 6) is -2.11. The lowest BCUT2D eigenvalue weighted by molar-refractivity contribution is 0.0632. The molecule has 9 nitrogen and oxygen atoms in total. The van der Waals surface area contributed by atoms with E-state index >= 15 is 0 Å². The summed E-state index contributed by atoms with van der Waals surface area (Å²) in [4.78, 5) is 33.6. The summed E-state index contributed by atoms with van der Waals surface area (Å²) in [6.45, 7) is 0.389. The molecule has 4 N–H and O–H groups in total. The van der Waals surface area contributed by atoms with Crippen LogP contribution in [0.4, 0.5) is 0 Å². The van der Waals surface area contributed by atoms with Crippen molar-refractivity contribution >= 4 is 30.4 Å². The zero-order valence-electron chi connectivity index (χ0n) is 17.8. The third kappa shape index (κ3) is 4.41. The lowest BCUT2D eigenvalue weighted by atomic mass is 9.85. The van der Waals surface area contributed by atoms with Crippen LogP contribution in [0.3, 0.4) is 0 Å². The van der Waals surface area contributed by atoms with Crippen LogP contribution in [0, 0.1) is 0 Å². The standard InChI is InChI=1S/C21H21ClNO8P/c1-23-7-6-12(16(26)10-23)19-18(31-32(27,28)29)9-15(25)20-14(24)8-17(30-21(19)20)11-4-2-3-5-13(11)22/h2-5,8-9,12,16,25-26H,6-7,10H2,1H3,(H2,27,28,29)/t12?,16-/m1/s1/i6D/t6-,12?,16-. The first-order valence-electron chi connectivity index (χ1n) is 10.2. The minimum Gasteiger partial charge on any atom is -0.507 e. The summed E-state index contributed by atoms with van der Waals surface area (Å²) in [7, 11) is -3.39. The maximum Gasteiger partial charge on any atom is 0.524 e. The summed E-state index contributed by atoms with van der Waals surface area (Å²) in [6, 6.07) is 8.60. The Morgan fingerprint density at radius 3 is 2.69 bits per heavy atom. The molecule has 0 amide bonds. The van der Waals surface area contributed by atoms with Crippen LogP contribution in [-0.4, -0.2) is 51.1 Å². The molecule has 1 aromatic heterocycles. The van der Waals surface area contributed by atoms with Crippen molar-refractivity contribution in [2.45, 2.75) is 18.4 Å². The molecular weight excluding hydrogens is 461 g/mol. The van der Waals surface area contributed by atoms with E-state index in [-0.39, 0.29) is 40.4 Å². The number of benzene rings is 2. The molecule has 1 aliphatic heterocycles. The highest BCUT2D eigenvalue weighted by Crippen LogP contribution is 2.48. The van der Waals surface area contributed by atoms with Gasteiger partial charge in [-0.3, -0.25) is 14.6 Å². The van der Waals surface area contributed by atoms with Crippen LogP contribution < -0.4 is 9.95 Å². The normalized spacial score (nSPS) is 22.7. The molecule has 2 heterocycles. The van der Waals surface area contributed by atoms with E-state index in [1.165, 1.54) is 0 Å². The predicted molar refractivity (Wildman–Crippen MR) is 118 cm³/mol. The van der Waals surface area contributed by atoms with E-state index in [0.29, 0.717) is 5.56 Å². The number of aliphatic hydroxyl groups is 1. The molecule has 1 fully saturated rings. The van der Waals surface area contributed by atoms with Crippen LogP contribution in [0.15, 0.2) is 45.6 Å². The van der Waals surface area contributed by atoms with E-state index < -0.39 is 43.2 Å². The van der Waals surface area contributed by atoms with Gasteiger partial charge in [-0.15, -0.1) is 0 Å². The number of likely N-dealkylation sites (N-methyl/N-ethyl adjacent to an activating group) is 1. The molecule has 2 aromatic carbocycles. The third-order valence-electron chi connectivity index (χ3n) is 5.26. The highest BCUT2D eigenvalue weighted by Gasteiger charge is 2.35. The Kier molecular flexibility index (Phi) is 5.71. The first kappa shape index (κ1) is 21.5. The van der Waals surface area contributed by atoms with Crippen molar-refractivity contribution in [2.24, 2.45) is 0 Å². The zero-order valence-corrected chi connectivity index (χ0v) is 18.5. The van der Waals surface area contributed by atoms with E-state index in [1.54, 1.807) is 36.2 Å². The van der Waals surface area contributed by atoms with Gasteiger partial charge in [-0.25, -0.2) is 4.57 Å². The van der Waals surface area contributed by atoms with Gasteiger partial charge < -0.3 is 24.1 Å². The van der Waals surface area contributed by atoms with Crippen LogP contribution in [0.1, 0.15) is 19.2 Å². The number of piperidine rings is 1. The summed E-state index contributed by atoms with van der Waals surface area (Å²) < 4.78 is 31.0. The first-order chi connectivity index (χ1) is 15.5. The van der Waals surface area contributed by atoms with Gasteiger partial charge in [0.2, 0.25) is 0 Å². The van der Waals surface area contributed by atoms with Gasteiger partial charge in [-0.05, 0) is 32.1 Å². The molecule has 4 rings (SSSR count). The van der Waals surface area contributed by atoms with Crippen LogP contribution in [0.5, 0.6) is 11.5 Å². The maximum absolute atomic E-state index is 13.0. The Hall–Kier alpha value is -2.39. The Morgan fingerprint density at radius 1 is 1.31 bits per heavy atom. The smallest absolute Gasteiger partial charge is 0.507 e. The Bertz CT molecular complexity index is 1310. The molecule has 0 bridgehead atoms. The van der Waals surface area contributed by atoms with Crippen molar-refractivity contribution in [3.63, 3.8) is 0 Å². The van der Waals surface area contributed by atoms with E-state index in [1.807, 2.05) is 0 Å². The minimum absolute atomic E-state index is 0.0380. The molecule has 0 spiro atoms. The minimum atomic E-state index is -5.11. The SMILES string of the molecule is [2H][C@@H]1CN(C)C[C@@H](O)C1c1c(OP(=O)(O)O)cc(O)c2c(=O)cc(-c3ccccc3Cl)oc12. The van der Waals surface area contributed by atoms with Crippen LogP contribution in [-0.2, 0) is 4.57 Å². The monoisotopic (exact) mass is 482 g/mol. The fourth-order valence-electron chi connectivity index (χ4n) is 3.89. The number of hydrogen-bond donors (Lipinski definition) is 4. The number of rotatable bonds is 4. The summed E-state index contributed by atoms with van der Waals surface area (Å²) >= 11 is 6.25. The van der Waals surface area contributed by atoms with Crippen LogP contribution in [0.25, 0.3) is 22.3 Å². The fourth-order valence-corrected chi connectivity index (χ4v) is 4.53. The molecule has 0 aliphatic carbocycles. The van der Waals surface area contributed by atoms with E-state index in [2.05, 4.69) is 0 Å². The summed E-state index contributed by atoms with van der Waals surface area (Å²) in [6.07, 6.45) is -2.10. The Labute approximate surface area is 189 Å². The molecule has 0 saturated carbocycles. The number of likely N-dealkylation sites (tertiary alicyclic amines) is 1. The number of aliphatic hydroxyl groups excluding tert-OH is 1. The highest BCUT2D eigenvalue weighted by atomic mass is 35.5. The number of β-amino-alcohol motifs (C(OH)–C–C–N with tert-alkyl or cyclic N) is 1. The predicted octanol–water partition coefficient (Wildman–Crippen LogP) is 3.07. The molecule has 1 saturated heterocycles. The number of hydrogen-bond acceptors (Lipinski definition) is 7. The molecule has 170 valence electrons. The van der Waals surface area contributed by atoms with Gasteiger partial charge in [-0.1, -0.05) is 23.7 Å². The average Bonchev–Trinajstić information content (AvgIpc) is 2.68. The fraction of sp³-hybridized carbons (Fsp3) is 0.286. The van der Waals surface area contributed by atoms with Gasteiger partial charge in [0, 0.05) is 37.1 Å². The van der Waals surface area contributed by atoms with Crippen LogP contribution >= 0.6 is 19.4 Å². The number of phosphoric acid groups is 1. The van der Waals surface area contributed by atoms with Gasteiger partial charge >= 0.3 is 7.82 Å². The Balaban J connectivity index is 2.08. The molecule has 11 heteroatoms. The van der Waals surface area contributed by atoms with Gasteiger partial charge in [0.1, 0.15) is 28.2 Å². The largest absolute Gasteiger partial charge is 0.524 e.